The highest BCUT2D eigenvalue weighted by Gasteiger charge is 2.27. The normalized spacial score (nSPS) is 17.9. The first kappa shape index (κ1) is 18.1. The predicted octanol–water partition coefficient (Wildman–Crippen LogP) is 2.15. The number of carbonyl (C=O) groups is 1. The monoisotopic (exact) mass is 377 g/mol. The van der Waals surface area contributed by atoms with Crippen molar-refractivity contribution in [3.63, 3.8) is 0 Å². The quantitative estimate of drug-likeness (QED) is 0.733. The molecule has 144 valence electrons. The second-order valence-electron chi connectivity index (χ2n) is 7.00. The summed E-state index contributed by atoms with van der Waals surface area (Å²) in [4.78, 5) is 27.5. The standard InChI is InChI=1S/C20H23N7O/c1-15(16-5-7-18(8-6-16)27-14-21-13-24-27)25-19(28)17-4-2-11-26(12-17)20-22-9-3-10-23-20/h3,5-10,13-15,17H,2,4,11-12H2,1H3,(H,25,28). The van der Waals surface area contributed by atoms with Gasteiger partial charge in [-0.3, -0.25) is 4.79 Å². The van der Waals surface area contributed by atoms with Crippen LogP contribution in [0.1, 0.15) is 31.4 Å². The molecule has 0 saturated carbocycles. The number of hydrogen-bond acceptors (Lipinski definition) is 6. The Labute approximate surface area is 163 Å². The van der Waals surface area contributed by atoms with Gasteiger partial charge in [0, 0.05) is 25.5 Å². The van der Waals surface area contributed by atoms with Crippen LogP contribution in [0.5, 0.6) is 0 Å². The van der Waals surface area contributed by atoms with Gasteiger partial charge in [0.25, 0.3) is 0 Å². The highest BCUT2D eigenvalue weighted by Crippen LogP contribution is 2.22. The number of hydrogen-bond donors (Lipinski definition) is 1. The lowest BCUT2D eigenvalue weighted by molar-refractivity contribution is -0.125. The lowest BCUT2D eigenvalue weighted by Gasteiger charge is -2.32. The molecule has 1 aliphatic rings. The number of amides is 1. The Morgan fingerprint density at radius 1 is 1.21 bits per heavy atom. The van der Waals surface area contributed by atoms with Crippen molar-refractivity contribution in [3.8, 4) is 5.69 Å². The summed E-state index contributed by atoms with van der Waals surface area (Å²) in [6.45, 7) is 3.53. The number of carbonyl (C=O) groups excluding carboxylic acids is 1. The Hall–Kier alpha value is -3.29. The van der Waals surface area contributed by atoms with E-state index in [2.05, 4.69) is 30.3 Å². The average Bonchev–Trinajstić information content (AvgIpc) is 3.29. The number of rotatable bonds is 5. The summed E-state index contributed by atoms with van der Waals surface area (Å²) >= 11 is 0. The molecule has 1 aliphatic heterocycles. The molecule has 1 amide bonds. The fraction of sp³-hybridized carbons (Fsp3) is 0.350. The summed E-state index contributed by atoms with van der Waals surface area (Å²) in [6.07, 6.45) is 8.47. The van der Waals surface area contributed by atoms with E-state index in [0.717, 1.165) is 30.6 Å². The van der Waals surface area contributed by atoms with Crippen molar-refractivity contribution < 1.29 is 4.79 Å². The summed E-state index contributed by atoms with van der Waals surface area (Å²) in [7, 11) is 0. The fourth-order valence-corrected chi connectivity index (χ4v) is 3.50. The SMILES string of the molecule is CC(NC(=O)C1CCCN(c2ncccn2)C1)c1ccc(-n2cncn2)cc1. The Morgan fingerprint density at radius 2 is 2.00 bits per heavy atom. The molecule has 28 heavy (non-hydrogen) atoms. The largest absolute Gasteiger partial charge is 0.349 e. The molecule has 3 aromatic rings. The van der Waals surface area contributed by atoms with E-state index in [1.54, 1.807) is 29.5 Å². The van der Waals surface area contributed by atoms with Gasteiger partial charge in [-0.1, -0.05) is 12.1 Å². The second kappa shape index (κ2) is 8.16. The molecule has 0 aliphatic carbocycles. The van der Waals surface area contributed by atoms with Gasteiger partial charge in [0.05, 0.1) is 17.6 Å². The van der Waals surface area contributed by atoms with Crippen molar-refractivity contribution in [3.05, 3.63) is 60.9 Å². The minimum Gasteiger partial charge on any atom is -0.349 e. The van der Waals surface area contributed by atoms with Crippen LogP contribution in [0.2, 0.25) is 0 Å². The number of nitrogens with one attached hydrogen (secondary N) is 1. The van der Waals surface area contributed by atoms with E-state index in [0.29, 0.717) is 12.5 Å². The molecular weight excluding hydrogens is 354 g/mol. The fourth-order valence-electron chi connectivity index (χ4n) is 3.50. The van der Waals surface area contributed by atoms with Gasteiger partial charge < -0.3 is 10.2 Å². The van der Waals surface area contributed by atoms with Crippen molar-refractivity contribution in [1.29, 1.82) is 0 Å². The highest BCUT2D eigenvalue weighted by atomic mass is 16.2. The van der Waals surface area contributed by atoms with Crippen molar-refractivity contribution in [2.45, 2.75) is 25.8 Å². The summed E-state index contributed by atoms with van der Waals surface area (Å²) in [5.41, 5.74) is 1.99. The average molecular weight is 377 g/mol. The van der Waals surface area contributed by atoms with Crippen LogP contribution < -0.4 is 10.2 Å². The van der Waals surface area contributed by atoms with Gasteiger partial charge in [0.1, 0.15) is 12.7 Å². The van der Waals surface area contributed by atoms with E-state index in [9.17, 15) is 4.79 Å². The summed E-state index contributed by atoms with van der Waals surface area (Å²) < 4.78 is 1.70. The third-order valence-corrected chi connectivity index (χ3v) is 5.06. The maximum Gasteiger partial charge on any atom is 0.225 e. The van der Waals surface area contributed by atoms with Crippen molar-refractivity contribution in [1.82, 2.24) is 30.0 Å². The van der Waals surface area contributed by atoms with E-state index >= 15 is 0 Å². The number of aromatic nitrogens is 5. The van der Waals surface area contributed by atoms with Gasteiger partial charge in [-0.15, -0.1) is 0 Å². The molecule has 0 radical (unpaired) electrons. The molecule has 2 atom stereocenters. The first-order valence-electron chi connectivity index (χ1n) is 9.48. The van der Waals surface area contributed by atoms with Crippen LogP contribution in [0.25, 0.3) is 5.69 Å². The molecule has 2 unspecified atom stereocenters. The van der Waals surface area contributed by atoms with Crippen LogP contribution in [0.4, 0.5) is 5.95 Å². The van der Waals surface area contributed by atoms with E-state index in [1.807, 2.05) is 31.2 Å². The van der Waals surface area contributed by atoms with Gasteiger partial charge in [-0.25, -0.2) is 19.6 Å². The smallest absolute Gasteiger partial charge is 0.225 e. The highest BCUT2D eigenvalue weighted by molar-refractivity contribution is 5.80. The minimum atomic E-state index is -0.0688. The molecule has 8 nitrogen and oxygen atoms in total. The second-order valence-corrected chi connectivity index (χ2v) is 7.00. The molecule has 1 aromatic carbocycles. The molecule has 1 fully saturated rings. The summed E-state index contributed by atoms with van der Waals surface area (Å²) in [6, 6.07) is 9.69. The number of anilines is 1. The van der Waals surface area contributed by atoms with E-state index in [-0.39, 0.29) is 17.9 Å². The van der Waals surface area contributed by atoms with Crippen molar-refractivity contribution in [2.75, 3.05) is 18.0 Å². The molecule has 4 rings (SSSR count). The molecule has 0 bridgehead atoms. The Kier molecular flexibility index (Phi) is 5.27. The maximum absolute atomic E-state index is 12.8. The van der Waals surface area contributed by atoms with Crippen LogP contribution >= 0.6 is 0 Å². The van der Waals surface area contributed by atoms with Crippen LogP contribution in [0.3, 0.4) is 0 Å². The van der Waals surface area contributed by atoms with Gasteiger partial charge >= 0.3 is 0 Å². The Balaban J connectivity index is 1.37. The third-order valence-electron chi connectivity index (χ3n) is 5.06. The van der Waals surface area contributed by atoms with E-state index in [1.165, 1.54) is 6.33 Å². The van der Waals surface area contributed by atoms with Gasteiger partial charge in [0.2, 0.25) is 11.9 Å². The summed E-state index contributed by atoms with van der Waals surface area (Å²) in [5.74, 6) is 0.708. The number of piperidine rings is 1. The van der Waals surface area contributed by atoms with Crippen LogP contribution in [-0.2, 0) is 4.79 Å². The van der Waals surface area contributed by atoms with Crippen LogP contribution in [0.15, 0.2) is 55.4 Å². The van der Waals surface area contributed by atoms with Crippen molar-refractivity contribution in [2.24, 2.45) is 5.92 Å². The van der Waals surface area contributed by atoms with Gasteiger partial charge in [0.15, 0.2) is 0 Å². The Morgan fingerprint density at radius 3 is 2.71 bits per heavy atom. The first-order chi connectivity index (χ1) is 13.7. The predicted molar refractivity (Wildman–Crippen MR) is 105 cm³/mol. The van der Waals surface area contributed by atoms with Crippen molar-refractivity contribution >= 4 is 11.9 Å². The maximum atomic E-state index is 12.8. The molecule has 1 saturated heterocycles. The zero-order valence-corrected chi connectivity index (χ0v) is 15.8. The minimum absolute atomic E-state index is 0.0607. The third kappa shape index (κ3) is 4.00. The summed E-state index contributed by atoms with van der Waals surface area (Å²) in [5, 5.41) is 7.27. The number of benzene rings is 1. The molecular formula is C20H23N7O. The van der Waals surface area contributed by atoms with E-state index < -0.39 is 0 Å². The lowest BCUT2D eigenvalue weighted by Crippen LogP contribution is -2.44. The van der Waals surface area contributed by atoms with Crippen LogP contribution in [0, 0.1) is 5.92 Å². The zero-order chi connectivity index (χ0) is 19.3. The topological polar surface area (TPSA) is 88.8 Å². The zero-order valence-electron chi connectivity index (χ0n) is 15.8. The van der Waals surface area contributed by atoms with Gasteiger partial charge in [-0.2, -0.15) is 5.10 Å². The molecule has 3 heterocycles. The van der Waals surface area contributed by atoms with Crippen LogP contribution in [-0.4, -0.2) is 43.7 Å². The molecule has 8 heteroatoms. The lowest BCUT2D eigenvalue weighted by atomic mass is 9.96. The van der Waals surface area contributed by atoms with E-state index in [4.69, 9.17) is 0 Å². The number of nitrogens with zero attached hydrogens (tertiary/aromatic N) is 6. The molecule has 1 N–H and O–H groups in total. The molecule has 0 spiro atoms. The Bertz CT molecular complexity index is 896. The van der Waals surface area contributed by atoms with Gasteiger partial charge in [-0.05, 0) is 43.5 Å². The molecule has 2 aromatic heterocycles. The first-order valence-corrected chi connectivity index (χ1v) is 9.48.